The highest BCUT2D eigenvalue weighted by Crippen LogP contribution is 2.20. The Labute approximate surface area is 111 Å². The quantitative estimate of drug-likeness (QED) is 0.783. The summed E-state index contributed by atoms with van der Waals surface area (Å²) in [5.74, 6) is 0.875. The highest BCUT2D eigenvalue weighted by Gasteiger charge is 2.07. The number of aromatic nitrogens is 2. The van der Waals surface area contributed by atoms with Crippen molar-refractivity contribution in [2.75, 3.05) is 14.2 Å². The van der Waals surface area contributed by atoms with E-state index >= 15 is 0 Å². The third-order valence-electron chi connectivity index (χ3n) is 2.62. The summed E-state index contributed by atoms with van der Waals surface area (Å²) in [6.07, 6.45) is 1.70. The molecule has 1 heterocycles. The zero-order valence-electron chi connectivity index (χ0n) is 10.8. The second-order valence-electron chi connectivity index (χ2n) is 3.84. The molecule has 0 unspecified atom stereocenters. The van der Waals surface area contributed by atoms with Gasteiger partial charge in [0.15, 0.2) is 0 Å². The van der Waals surface area contributed by atoms with Gasteiger partial charge in [0.25, 0.3) is 0 Å². The number of hydrogen-bond donors (Lipinski definition) is 0. The van der Waals surface area contributed by atoms with Gasteiger partial charge in [-0.2, -0.15) is 0 Å². The van der Waals surface area contributed by atoms with Gasteiger partial charge in [0.05, 0.1) is 19.9 Å². The molecular weight excluding hydrogens is 244 g/mol. The Hall–Kier alpha value is -2.43. The Morgan fingerprint density at radius 3 is 2.53 bits per heavy atom. The van der Waals surface area contributed by atoms with Gasteiger partial charge in [-0.15, -0.1) is 0 Å². The molecule has 0 atom stereocenters. The molecule has 0 spiro atoms. The van der Waals surface area contributed by atoms with Gasteiger partial charge in [0.2, 0.25) is 0 Å². The fraction of sp³-hybridized carbons (Fsp3) is 0.214. The average Bonchev–Trinajstić information content (AvgIpc) is 2.47. The summed E-state index contributed by atoms with van der Waals surface area (Å²) in [7, 11) is 2.96. The van der Waals surface area contributed by atoms with Crippen LogP contribution in [0.15, 0.2) is 36.5 Å². The summed E-state index contributed by atoms with van der Waals surface area (Å²) < 4.78 is 9.70. The number of carbonyl (C=O) groups is 1. The van der Waals surface area contributed by atoms with Crippen molar-refractivity contribution in [3.05, 3.63) is 42.4 Å². The molecule has 0 bridgehead atoms. The Kier molecular flexibility index (Phi) is 4.07. The minimum absolute atomic E-state index is 0.0699. The van der Waals surface area contributed by atoms with Crippen LogP contribution in [0.5, 0.6) is 5.75 Å². The van der Waals surface area contributed by atoms with E-state index in [1.807, 2.05) is 24.3 Å². The molecule has 98 valence electrons. The standard InChI is InChI=1S/C14H14N2O3/c1-18-11-5-3-10(4-6-11)12-7-8-15-13(16-12)9-14(17)19-2/h3-8H,9H2,1-2H3. The van der Waals surface area contributed by atoms with Gasteiger partial charge in [0, 0.05) is 11.8 Å². The van der Waals surface area contributed by atoms with E-state index in [0.717, 1.165) is 17.0 Å². The van der Waals surface area contributed by atoms with Crippen LogP contribution in [0, 0.1) is 0 Å². The largest absolute Gasteiger partial charge is 0.497 e. The number of hydrogen-bond acceptors (Lipinski definition) is 5. The number of carbonyl (C=O) groups excluding carboxylic acids is 1. The number of benzene rings is 1. The predicted molar refractivity (Wildman–Crippen MR) is 69.7 cm³/mol. The smallest absolute Gasteiger partial charge is 0.313 e. The number of ether oxygens (including phenoxy) is 2. The van der Waals surface area contributed by atoms with Gasteiger partial charge in [-0.1, -0.05) is 0 Å². The summed E-state index contributed by atoms with van der Waals surface area (Å²) in [5, 5.41) is 0. The zero-order chi connectivity index (χ0) is 13.7. The highest BCUT2D eigenvalue weighted by molar-refractivity contribution is 5.71. The SMILES string of the molecule is COC(=O)Cc1nccc(-c2ccc(OC)cc2)n1. The second kappa shape index (κ2) is 5.95. The highest BCUT2D eigenvalue weighted by atomic mass is 16.5. The molecule has 0 aliphatic heterocycles. The Bertz CT molecular complexity index is 567. The molecule has 2 rings (SSSR count). The van der Waals surface area contributed by atoms with Crippen LogP contribution in [-0.2, 0) is 16.0 Å². The van der Waals surface area contributed by atoms with E-state index in [9.17, 15) is 4.79 Å². The maximum Gasteiger partial charge on any atom is 0.313 e. The minimum atomic E-state index is -0.355. The topological polar surface area (TPSA) is 61.3 Å². The molecule has 0 aliphatic rings. The van der Waals surface area contributed by atoms with Gasteiger partial charge in [-0.25, -0.2) is 9.97 Å². The fourth-order valence-corrected chi connectivity index (χ4v) is 1.61. The predicted octanol–water partition coefficient (Wildman–Crippen LogP) is 1.87. The molecule has 5 heteroatoms. The summed E-state index contributed by atoms with van der Waals surface area (Å²) >= 11 is 0. The summed E-state index contributed by atoms with van der Waals surface area (Å²) in [5.41, 5.74) is 1.70. The van der Waals surface area contributed by atoms with E-state index < -0.39 is 0 Å². The van der Waals surface area contributed by atoms with Crippen molar-refractivity contribution in [2.24, 2.45) is 0 Å². The number of rotatable bonds is 4. The molecule has 0 aliphatic carbocycles. The molecule has 1 aromatic carbocycles. The molecule has 0 radical (unpaired) electrons. The Morgan fingerprint density at radius 1 is 1.16 bits per heavy atom. The van der Waals surface area contributed by atoms with Crippen LogP contribution in [0.3, 0.4) is 0 Å². The molecule has 2 aromatic rings. The van der Waals surface area contributed by atoms with E-state index in [2.05, 4.69) is 14.7 Å². The molecule has 0 saturated heterocycles. The summed E-state index contributed by atoms with van der Waals surface area (Å²) in [6.45, 7) is 0. The number of nitrogens with zero attached hydrogens (tertiary/aromatic N) is 2. The molecule has 0 saturated carbocycles. The van der Waals surface area contributed by atoms with Gasteiger partial charge < -0.3 is 9.47 Å². The minimum Gasteiger partial charge on any atom is -0.497 e. The summed E-state index contributed by atoms with van der Waals surface area (Å²) in [6, 6.07) is 9.32. The van der Waals surface area contributed by atoms with Crippen LogP contribution in [0.1, 0.15) is 5.82 Å². The first-order chi connectivity index (χ1) is 9.22. The maximum atomic E-state index is 11.2. The first-order valence-electron chi connectivity index (χ1n) is 5.76. The zero-order valence-corrected chi connectivity index (χ0v) is 10.8. The molecule has 0 N–H and O–H groups in total. The van der Waals surface area contributed by atoms with Crippen molar-refractivity contribution in [3.63, 3.8) is 0 Å². The molecule has 0 fully saturated rings. The lowest BCUT2D eigenvalue weighted by molar-refractivity contribution is -0.139. The van der Waals surface area contributed by atoms with Gasteiger partial charge in [-0.05, 0) is 30.3 Å². The van der Waals surface area contributed by atoms with Crippen molar-refractivity contribution in [1.29, 1.82) is 0 Å². The molecule has 1 aromatic heterocycles. The lowest BCUT2D eigenvalue weighted by atomic mass is 10.1. The molecule has 5 nitrogen and oxygen atoms in total. The first kappa shape index (κ1) is 13.0. The van der Waals surface area contributed by atoms with E-state index in [1.54, 1.807) is 19.4 Å². The molecule has 19 heavy (non-hydrogen) atoms. The normalized spacial score (nSPS) is 10.0. The third-order valence-corrected chi connectivity index (χ3v) is 2.62. The van der Waals surface area contributed by atoms with Crippen LogP contribution in [-0.4, -0.2) is 30.2 Å². The molecular formula is C14H14N2O3. The van der Waals surface area contributed by atoms with Crippen LogP contribution in [0.4, 0.5) is 0 Å². The Balaban J connectivity index is 2.24. The van der Waals surface area contributed by atoms with E-state index in [0.29, 0.717) is 5.82 Å². The number of esters is 1. The fourth-order valence-electron chi connectivity index (χ4n) is 1.61. The van der Waals surface area contributed by atoms with Gasteiger partial charge in [-0.3, -0.25) is 4.79 Å². The van der Waals surface area contributed by atoms with E-state index in [-0.39, 0.29) is 12.4 Å². The third kappa shape index (κ3) is 3.28. The van der Waals surface area contributed by atoms with E-state index in [4.69, 9.17) is 4.74 Å². The lowest BCUT2D eigenvalue weighted by Gasteiger charge is -2.04. The van der Waals surface area contributed by atoms with Gasteiger partial charge in [0.1, 0.15) is 18.0 Å². The van der Waals surface area contributed by atoms with Crippen molar-refractivity contribution in [1.82, 2.24) is 9.97 Å². The van der Waals surface area contributed by atoms with Crippen molar-refractivity contribution in [2.45, 2.75) is 6.42 Å². The van der Waals surface area contributed by atoms with Crippen molar-refractivity contribution in [3.8, 4) is 17.0 Å². The molecule has 0 amide bonds. The Morgan fingerprint density at radius 2 is 1.89 bits per heavy atom. The monoisotopic (exact) mass is 258 g/mol. The van der Waals surface area contributed by atoms with Crippen LogP contribution >= 0.6 is 0 Å². The van der Waals surface area contributed by atoms with Crippen molar-refractivity contribution < 1.29 is 14.3 Å². The van der Waals surface area contributed by atoms with Gasteiger partial charge >= 0.3 is 5.97 Å². The average molecular weight is 258 g/mol. The summed E-state index contributed by atoms with van der Waals surface area (Å²) in [4.78, 5) is 19.6. The maximum absolute atomic E-state index is 11.2. The van der Waals surface area contributed by atoms with Crippen LogP contribution < -0.4 is 4.74 Å². The van der Waals surface area contributed by atoms with Crippen molar-refractivity contribution >= 4 is 5.97 Å². The first-order valence-corrected chi connectivity index (χ1v) is 5.76. The van der Waals surface area contributed by atoms with E-state index in [1.165, 1.54) is 7.11 Å². The van der Waals surface area contributed by atoms with Crippen LogP contribution in [0.25, 0.3) is 11.3 Å². The second-order valence-corrected chi connectivity index (χ2v) is 3.84. The van der Waals surface area contributed by atoms with Crippen LogP contribution in [0.2, 0.25) is 0 Å². The lowest BCUT2D eigenvalue weighted by Crippen LogP contribution is -2.08. The number of methoxy groups -OCH3 is 2.